The Bertz CT molecular complexity index is 415. The molecule has 3 saturated carbocycles. The number of aliphatic hydroxyl groups is 5. The van der Waals surface area contributed by atoms with E-state index in [-0.39, 0.29) is 17.9 Å². The van der Waals surface area contributed by atoms with Gasteiger partial charge in [0.15, 0.2) is 6.29 Å². The summed E-state index contributed by atoms with van der Waals surface area (Å²) in [6, 6.07) is 0. The van der Waals surface area contributed by atoms with Crippen molar-refractivity contribution in [2.45, 2.75) is 56.9 Å². The van der Waals surface area contributed by atoms with E-state index in [1.165, 1.54) is 0 Å². The van der Waals surface area contributed by atoms with E-state index in [4.69, 9.17) is 9.47 Å². The van der Waals surface area contributed by atoms with Crippen LogP contribution in [0.4, 0.5) is 0 Å². The van der Waals surface area contributed by atoms with Gasteiger partial charge in [-0.15, -0.1) is 0 Å². The maximum absolute atomic E-state index is 9.99. The highest BCUT2D eigenvalue weighted by Gasteiger charge is 2.57. The number of hydrogen-bond acceptors (Lipinski definition) is 7. The largest absolute Gasteiger partial charge is 0.396 e. The van der Waals surface area contributed by atoms with Crippen molar-refractivity contribution >= 4 is 0 Å². The van der Waals surface area contributed by atoms with E-state index in [1.54, 1.807) is 0 Å². The molecule has 0 aromatic heterocycles. The molecule has 7 heteroatoms. The molecule has 1 unspecified atom stereocenters. The number of hydrogen-bond donors (Lipinski definition) is 5. The van der Waals surface area contributed by atoms with Crippen LogP contribution >= 0.6 is 0 Å². The Morgan fingerprint density at radius 2 is 1.83 bits per heavy atom. The van der Waals surface area contributed by atoms with Crippen LogP contribution in [0.2, 0.25) is 0 Å². The van der Waals surface area contributed by atoms with Gasteiger partial charge in [0, 0.05) is 6.61 Å². The van der Waals surface area contributed by atoms with Crippen molar-refractivity contribution in [2.75, 3.05) is 19.8 Å². The highest BCUT2D eigenvalue weighted by molar-refractivity contribution is 5.05. The summed E-state index contributed by atoms with van der Waals surface area (Å²) in [5.41, 5.74) is -0.0400. The minimum Gasteiger partial charge on any atom is -0.396 e. The van der Waals surface area contributed by atoms with Gasteiger partial charge in [0.2, 0.25) is 0 Å². The fraction of sp³-hybridized carbons (Fsp3) is 1.00. The van der Waals surface area contributed by atoms with Gasteiger partial charge in [0.1, 0.15) is 24.4 Å². The van der Waals surface area contributed by atoms with Gasteiger partial charge in [-0.2, -0.15) is 0 Å². The van der Waals surface area contributed by atoms with E-state index in [1.807, 2.05) is 0 Å². The number of ether oxygens (including phenoxy) is 2. The molecule has 3 aliphatic carbocycles. The van der Waals surface area contributed by atoms with Gasteiger partial charge >= 0.3 is 0 Å². The Kier molecular flexibility index (Phi) is 5.00. The van der Waals surface area contributed by atoms with Crippen LogP contribution in [-0.4, -0.2) is 76.1 Å². The monoisotopic (exact) mass is 332 g/mol. The summed E-state index contributed by atoms with van der Waals surface area (Å²) < 4.78 is 11.0. The predicted octanol–water partition coefficient (Wildman–Crippen LogP) is -1.15. The van der Waals surface area contributed by atoms with E-state index in [0.717, 1.165) is 19.3 Å². The molecule has 0 radical (unpaired) electrons. The van der Waals surface area contributed by atoms with Crippen LogP contribution in [0.3, 0.4) is 0 Å². The van der Waals surface area contributed by atoms with Crippen molar-refractivity contribution < 1.29 is 35.0 Å². The zero-order chi connectivity index (χ0) is 16.8. The van der Waals surface area contributed by atoms with Crippen LogP contribution < -0.4 is 0 Å². The summed E-state index contributed by atoms with van der Waals surface area (Å²) in [6.07, 6.45) is -2.96. The number of rotatable bonds is 5. The Morgan fingerprint density at radius 3 is 2.43 bits per heavy atom. The second kappa shape index (κ2) is 6.55. The summed E-state index contributed by atoms with van der Waals surface area (Å²) in [7, 11) is 0. The molecule has 0 aromatic carbocycles. The quantitative estimate of drug-likeness (QED) is 0.431. The highest BCUT2D eigenvalue weighted by atomic mass is 16.7. The third kappa shape index (κ3) is 2.82. The van der Waals surface area contributed by atoms with Gasteiger partial charge in [0.05, 0.1) is 13.2 Å². The van der Waals surface area contributed by atoms with Crippen molar-refractivity contribution in [2.24, 2.45) is 23.2 Å². The van der Waals surface area contributed by atoms with E-state index in [9.17, 15) is 25.5 Å². The molecule has 2 bridgehead atoms. The summed E-state index contributed by atoms with van der Waals surface area (Å²) in [6.45, 7) is 2.21. The second-order valence-corrected chi connectivity index (χ2v) is 7.57. The smallest absolute Gasteiger partial charge is 0.186 e. The zero-order valence-electron chi connectivity index (χ0n) is 13.4. The first kappa shape index (κ1) is 17.5. The molecular formula is C16H28O7. The van der Waals surface area contributed by atoms with Crippen LogP contribution in [0.1, 0.15) is 26.2 Å². The molecule has 1 saturated heterocycles. The van der Waals surface area contributed by atoms with Crippen molar-refractivity contribution in [1.82, 2.24) is 0 Å². The van der Waals surface area contributed by atoms with E-state index in [0.29, 0.717) is 18.4 Å². The maximum Gasteiger partial charge on any atom is 0.186 e. The Morgan fingerprint density at radius 1 is 1.09 bits per heavy atom. The van der Waals surface area contributed by atoms with Gasteiger partial charge in [-0.05, 0) is 42.4 Å². The molecule has 4 rings (SSSR count). The lowest BCUT2D eigenvalue weighted by Gasteiger charge is -2.61. The standard InChI is InChI=1S/C16H28O7/c1-16(7-18)9-3-2-8(10(16)4-9)6-22-15-14(21)13(20)12(19)11(5-17)23-15/h8-15,17-21H,2-7H2,1H3/t8?,9-,10-,11+,12+,13-,14+,15+,16+/m0/s1. The lowest BCUT2D eigenvalue weighted by Crippen LogP contribution is -2.60. The lowest BCUT2D eigenvalue weighted by atomic mass is 9.45. The van der Waals surface area contributed by atoms with Crippen molar-refractivity contribution in [3.05, 3.63) is 0 Å². The molecule has 9 atom stereocenters. The van der Waals surface area contributed by atoms with Gasteiger partial charge in [-0.3, -0.25) is 0 Å². The van der Waals surface area contributed by atoms with Crippen LogP contribution in [0.25, 0.3) is 0 Å². The van der Waals surface area contributed by atoms with Gasteiger partial charge in [-0.1, -0.05) is 6.92 Å². The van der Waals surface area contributed by atoms with E-state index in [2.05, 4.69) is 6.92 Å². The molecule has 134 valence electrons. The maximum atomic E-state index is 9.99. The average molecular weight is 332 g/mol. The van der Waals surface area contributed by atoms with Crippen LogP contribution in [0.15, 0.2) is 0 Å². The molecule has 1 heterocycles. The zero-order valence-corrected chi connectivity index (χ0v) is 13.4. The summed E-state index contributed by atoms with van der Waals surface area (Å²) in [5, 5.41) is 48.4. The first-order valence-electron chi connectivity index (χ1n) is 8.45. The molecule has 5 N–H and O–H groups in total. The summed E-state index contributed by atoms with van der Waals surface area (Å²) in [5.74, 6) is 1.27. The lowest BCUT2D eigenvalue weighted by molar-refractivity contribution is -0.307. The molecule has 4 fully saturated rings. The van der Waals surface area contributed by atoms with Crippen molar-refractivity contribution in [3.63, 3.8) is 0 Å². The SMILES string of the molecule is C[C@@]1(CO)[C@H]2CCC(CO[C@@H]3O[C@H](CO)[C@@H](O)[C@H](O)[C@H]3O)[C@@H]1C2. The second-order valence-electron chi connectivity index (χ2n) is 7.57. The van der Waals surface area contributed by atoms with E-state index >= 15 is 0 Å². The Labute approximate surface area is 135 Å². The molecule has 4 aliphatic rings. The Balaban J connectivity index is 1.57. The average Bonchev–Trinajstić information content (AvgIpc) is 2.58. The van der Waals surface area contributed by atoms with Gasteiger partial charge in [-0.25, -0.2) is 0 Å². The third-order valence-corrected chi connectivity index (χ3v) is 6.44. The predicted molar refractivity (Wildman–Crippen MR) is 79.2 cm³/mol. The minimum absolute atomic E-state index is 0.0400. The number of fused-ring (bicyclic) bond motifs is 2. The normalized spacial score (nSPS) is 53.0. The summed E-state index contributed by atoms with van der Waals surface area (Å²) in [4.78, 5) is 0. The van der Waals surface area contributed by atoms with Crippen LogP contribution in [0, 0.1) is 23.2 Å². The minimum atomic E-state index is -1.41. The topological polar surface area (TPSA) is 120 Å². The first-order chi connectivity index (χ1) is 10.9. The highest BCUT2D eigenvalue weighted by Crippen LogP contribution is 2.61. The third-order valence-electron chi connectivity index (χ3n) is 6.44. The van der Waals surface area contributed by atoms with Gasteiger partial charge in [0.25, 0.3) is 0 Å². The molecule has 23 heavy (non-hydrogen) atoms. The molecule has 7 nitrogen and oxygen atoms in total. The molecule has 1 aliphatic heterocycles. The molecule has 0 aromatic rings. The van der Waals surface area contributed by atoms with E-state index < -0.39 is 37.3 Å². The van der Waals surface area contributed by atoms with Crippen molar-refractivity contribution in [1.29, 1.82) is 0 Å². The molecule has 0 spiro atoms. The molecule has 0 amide bonds. The molecular weight excluding hydrogens is 304 g/mol. The summed E-state index contributed by atoms with van der Waals surface area (Å²) >= 11 is 0. The Hall–Kier alpha value is -0.280. The fourth-order valence-corrected chi connectivity index (χ4v) is 4.65. The van der Waals surface area contributed by atoms with Gasteiger partial charge < -0.3 is 35.0 Å². The van der Waals surface area contributed by atoms with Crippen molar-refractivity contribution in [3.8, 4) is 0 Å². The fourth-order valence-electron chi connectivity index (χ4n) is 4.65. The van der Waals surface area contributed by atoms with Crippen LogP contribution in [0.5, 0.6) is 0 Å². The first-order valence-corrected chi connectivity index (χ1v) is 8.45. The van der Waals surface area contributed by atoms with Crippen LogP contribution in [-0.2, 0) is 9.47 Å². The number of aliphatic hydroxyl groups excluding tert-OH is 5.